The van der Waals surface area contributed by atoms with E-state index in [1.54, 1.807) is 0 Å². The van der Waals surface area contributed by atoms with Crippen molar-refractivity contribution in [3.05, 3.63) is 29.5 Å². The lowest BCUT2D eigenvalue weighted by atomic mass is 10.1. The lowest BCUT2D eigenvalue weighted by Crippen LogP contribution is -1.96. The summed E-state index contributed by atoms with van der Waals surface area (Å²) >= 11 is 1.40. The molecule has 0 radical (unpaired) electrons. The standard InChI is InChI=1S/C14H17N5S/c1-8(2)12-13(20-18-17-12)14-16-10-6-9(7-15)4-5-11(10)19(14)3/h4-6,8H,7,15H2,1-3H3. The zero-order chi connectivity index (χ0) is 14.3. The Kier molecular flexibility index (Phi) is 3.27. The summed E-state index contributed by atoms with van der Waals surface area (Å²) in [5, 5.41) is 4.23. The molecule has 6 heteroatoms. The van der Waals surface area contributed by atoms with Crippen LogP contribution in [0, 0.1) is 0 Å². The Balaban J connectivity index is 2.21. The number of nitrogens with zero attached hydrogens (tertiary/aromatic N) is 4. The molecule has 2 heterocycles. The molecule has 104 valence electrons. The number of aromatic nitrogens is 4. The van der Waals surface area contributed by atoms with Gasteiger partial charge in [0.15, 0.2) is 5.82 Å². The SMILES string of the molecule is CC(C)c1nnsc1-c1nc2cc(CN)ccc2n1C. The smallest absolute Gasteiger partial charge is 0.154 e. The first-order chi connectivity index (χ1) is 9.61. The average molecular weight is 287 g/mol. The molecular weight excluding hydrogens is 270 g/mol. The highest BCUT2D eigenvalue weighted by molar-refractivity contribution is 7.09. The summed E-state index contributed by atoms with van der Waals surface area (Å²) in [5.41, 5.74) is 9.85. The van der Waals surface area contributed by atoms with Crippen LogP contribution in [0.15, 0.2) is 18.2 Å². The number of aryl methyl sites for hydroxylation is 1. The van der Waals surface area contributed by atoms with Gasteiger partial charge in [0.25, 0.3) is 0 Å². The molecular formula is C14H17N5S. The predicted molar refractivity (Wildman–Crippen MR) is 81.6 cm³/mol. The molecule has 0 amide bonds. The molecule has 0 saturated heterocycles. The number of benzene rings is 1. The molecule has 0 spiro atoms. The zero-order valence-electron chi connectivity index (χ0n) is 11.8. The molecule has 3 rings (SSSR count). The number of nitrogens with two attached hydrogens (primary N) is 1. The third kappa shape index (κ3) is 2.01. The van der Waals surface area contributed by atoms with Crippen molar-refractivity contribution in [3.63, 3.8) is 0 Å². The Morgan fingerprint density at radius 1 is 1.35 bits per heavy atom. The van der Waals surface area contributed by atoms with Crippen molar-refractivity contribution in [1.29, 1.82) is 0 Å². The Morgan fingerprint density at radius 3 is 2.85 bits per heavy atom. The molecule has 20 heavy (non-hydrogen) atoms. The van der Waals surface area contributed by atoms with Crippen LogP contribution in [0.1, 0.15) is 31.0 Å². The minimum atomic E-state index is 0.336. The van der Waals surface area contributed by atoms with Gasteiger partial charge in [0.1, 0.15) is 4.88 Å². The van der Waals surface area contributed by atoms with E-state index in [0.29, 0.717) is 12.5 Å². The molecule has 1 aromatic carbocycles. The van der Waals surface area contributed by atoms with Crippen LogP contribution in [0.25, 0.3) is 21.7 Å². The van der Waals surface area contributed by atoms with Gasteiger partial charge in [-0.25, -0.2) is 4.98 Å². The first-order valence-corrected chi connectivity index (χ1v) is 7.37. The second kappa shape index (κ2) is 4.96. The van der Waals surface area contributed by atoms with Gasteiger partial charge in [0.05, 0.1) is 16.7 Å². The van der Waals surface area contributed by atoms with Crippen molar-refractivity contribution in [2.45, 2.75) is 26.3 Å². The molecule has 0 aliphatic heterocycles. The van der Waals surface area contributed by atoms with Crippen LogP contribution >= 0.6 is 11.5 Å². The summed E-state index contributed by atoms with van der Waals surface area (Å²) < 4.78 is 6.18. The van der Waals surface area contributed by atoms with Crippen LogP contribution in [0.2, 0.25) is 0 Å². The second-order valence-corrected chi connectivity index (χ2v) is 5.92. The van der Waals surface area contributed by atoms with Crippen LogP contribution in [0.4, 0.5) is 0 Å². The van der Waals surface area contributed by atoms with Crippen LogP contribution < -0.4 is 5.73 Å². The van der Waals surface area contributed by atoms with Gasteiger partial charge in [-0.15, -0.1) is 5.10 Å². The third-order valence-electron chi connectivity index (χ3n) is 3.44. The predicted octanol–water partition coefficient (Wildman–Crippen LogP) is 2.67. The number of imidazole rings is 1. The van der Waals surface area contributed by atoms with E-state index in [1.165, 1.54) is 11.5 Å². The minimum absolute atomic E-state index is 0.336. The fourth-order valence-corrected chi connectivity index (χ4v) is 3.15. The molecule has 0 aliphatic rings. The molecule has 0 aliphatic carbocycles. The lowest BCUT2D eigenvalue weighted by molar-refractivity contribution is 0.810. The summed E-state index contributed by atoms with van der Waals surface area (Å²) in [7, 11) is 2.02. The summed E-state index contributed by atoms with van der Waals surface area (Å²) in [6.07, 6.45) is 0. The van der Waals surface area contributed by atoms with Crippen LogP contribution in [-0.2, 0) is 13.6 Å². The van der Waals surface area contributed by atoms with Crippen molar-refractivity contribution in [1.82, 2.24) is 19.1 Å². The maximum Gasteiger partial charge on any atom is 0.154 e. The first kappa shape index (κ1) is 13.2. The maximum absolute atomic E-state index is 5.69. The molecule has 5 nitrogen and oxygen atoms in total. The largest absolute Gasteiger partial charge is 0.326 e. The summed E-state index contributed by atoms with van der Waals surface area (Å²) in [4.78, 5) is 5.79. The number of fused-ring (bicyclic) bond motifs is 1. The van der Waals surface area contributed by atoms with E-state index in [9.17, 15) is 0 Å². The topological polar surface area (TPSA) is 69.6 Å². The first-order valence-electron chi connectivity index (χ1n) is 6.60. The van der Waals surface area contributed by atoms with Gasteiger partial charge in [0.2, 0.25) is 0 Å². The quantitative estimate of drug-likeness (QED) is 0.804. The van der Waals surface area contributed by atoms with Gasteiger partial charge in [-0.2, -0.15) is 0 Å². The summed E-state index contributed by atoms with van der Waals surface area (Å²) in [5.74, 6) is 1.26. The van der Waals surface area contributed by atoms with E-state index in [2.05, 4.69) is 34.1 Å². The van der Waals surface area contributed by atoms with Gasteiger partial charge in [-0.3, -0.25) is 0 Å². The van der Waals surface area contributed by atoms with Crippen LogP contribution in [0.5, 0.6) is 0 Å². The minimum Gasteiger partial charge on any atom is -0.326 e. The Morgan fingerprint density at radius 2 is 2.15 bits per heavy atom. The average Bonchev–Trinajstić information content (AvgIpc) is 3.03. The normalized spacial score (nSPS) is 11.7. The molecule has 2 N–H and O–H groups in total. The molecule has 0 fully saturated rings. The highest BCUT2D eigenvalue weighted by Crippen LogP contribution is 2.32. The Labute approximate surface area is 121 Å². The van der Waals surface area contributed by atoms with E-state index in [0.717, 1.165) is 33.0 Å². The molecule has 2 aromatic heterocycles. The fraction of sp³-hybridized carbons (Fsp3) is 0.357. The van der Waals surface area contributed by atoms with E-state index in [1.807, 2.05) is 19.2 Å². The highest BCUT2D eigenvalue weighted by atomic mass is 32.1. The van der Waals surface area contributed by atoms with Gasteiger partial charge in [-0.1, -0.05) is 24.4 Å². The Hall–Kier alpha value is -1.79. The number of rotatable bonds is 3. The van der Waals surface area contributed by atoms with Gasteiger partial charge >= 0.3 is 0 Å². The van der Waals surface area contributed by atoms with Crippen molar-refractivity contribution < 1.29 is 0 Å². The van der Waals surface area contributed by atoms with E-state index in [4.69, 9.17) is 10.7 Å². The summed E-state index contributed by atoms with van der Waals surface area (Å²) in [6, 6.07) is 6.15. The monoisotopic (exact) mass is 287 g/mol. The van der Waals surface area contributed by atoms with Crippen molar-refractivity contribution >= 4 is 22.6 Å². The maximum atomic E-state index is 5.69. The number of hydrogen-bond donors (Lipinski definition) is 1. The fourth-order valence-electron chi connectivity index (χ4n) is 2.31. The molecule has 3 aromatic rings. The van der Waals surface area contributed by atoms with Gasteiger partial charge in [0, 0.05) is 13.6 Å². The van der Waals surface area contributed by atoms with Crippen molar-refractivity contribution in [2.75, 3.05) is 0 Å². The second-order valence-electron chi connectivity index (χ2n) is 5.16. The van der Waals surface area contributed by atoms with Crippen LogP contribution in [0.3, 0.4) is 0 Å². The van der Waals surface area contributed by atoms with E-state index < -0.39 is 0 Å². The third-order valence-corrected chi connectivity index (χ3v) is 4.18. The molecule has 0 saturated carbocycles. The lowest BCUT2D eigenvalue weighted by Gasteiger charge is -2.04. The number of hydrogen-bond acceptors (Lipinski definition) is 5. The Bertz CT molecular complexity index is 756. The molecule has 0 unspecified atom stereocenters. The van der Waals surface area contributed by atoms with Gasteiger partial charge in [-0.05, 0) is 35.1 Å². The van der Waals surface area contributed by atoms with Crippen molar-refractivity contribution in [3.8, 4) is 10.7 Å². The molecule has 0 atom stereocenters. The van der Waals surface area contributed by atoms with Crippen molar-refractivity contribution in [2.24, 2.45) is 12.8 Å². The van der Waals surface area contributed by atoms with E-state index in [-0.39, 0.29) is 0 Å². The highest BCUT2D eigenvalue weighted by Gasteiger charge is 2.19. The van der Waals surface area contributed by atoms with E-state index >= 15 is 0 Å². The molecule has 0 bridgehead atoms. The van der Waals surface area contributed by atoms with Gasteiger partial charge < -0.3 is 10.3 Å². The zero-order valence-corrected chi connectivity index (χ0v) is 12.6. The van der Waals surface area contributed by atoms with Crippen LogP contribution in [-0.4, -0.2) is 19.1 Å². The summed E-state index contributed by atoms with van der Waals surface area (Å²) in [6.45, 7) is 4.77.